The van der Waals surface area contributed by atoms with E-state index >= 15 is 0 Å². The number of nitrogens with one attached hydrogen (secondary N) is 1. The highest BCUT2D eigenvalue weighted by Gasteiger charge is 2.35. The van der Waals surface area contributed by atoms with Crippen LogP contribution in [0.4, 0.5) is 4.79 Å². The molecule has 0 aromatic heterocycles. The van der Waals surface area contributed by atoms with Gasteiger partial charge in [-0.25, -0.2) is 9.59 Å². The molecule has 0 unspecified atom stereocenters. The number of imide groups is 1. The highest BCUT2D eigenvalue weighted by atomic mass is 16.4. The van der Waals surface area contributed by atoms with Crippen LogP contribution in [0.5, 0.6) is 0 Å². The Labute approximate surface area is 119 Å². The van der Waals surface area contributed by atoms with Crippen LogP contribution in [0, 0.1) is 0 Å². The molecular formula is C11H15N3O7. The second-order valence-corrected chi connectivity index (χ2v) is 4.51. The van der Waals surface area contributed by atoms with Gasteiger partial charge in [-0.15, -0.1) is 0 Å². The highest BCUT2D eigenvalue weighted by Crippen LogP contribution is 2.07. The summed E-state index contributed by atoms with van der Waals surface area (Å²) in [6.07, 6.45) is -0.722. The Morgan fingerprint density at radius 2 is 1.90 bits per heavy atom. The number of carboxylic acid groups (broad SMARTS) is 2. The van der Waals surface area contributed by atoms with E-state index in [-0.39, 0.29) is 13.0 Å². The predicted octanol–water partition coefficient (Wildman–Crippen LogP) is -1.69. The van der Waals surface area contributed by atoms with Crippen LogP contribution in [0.25, 0.3) is 0 Å². The first kappa shape index (κ1) is 16.4. The summed E-state index contributed by atoms with van der Waals surface area (Å²) in [5, 5.41) is 19.5. The summed E-state index contributed by atoms with van der Waals surface area (Å²) in [7, 11) is 1.39. The van der Waals surface area contributed by atoms with E-state index < -0.39 is 48.8 Å². The van der Waals surface area contributed by atoms with Crippen molar-refractivity contribution in [1.82, 2.24) is 15.1 Å². The quantitative estimate of drug-likeness (QED) is 0.476. The SMILES string of the molecule is CN1CC(=O)N(CC(=O)N[C@@H](CCC(=O)O)C(=O)O)C1=O. The van der Waals surface area contributed by atoms with Gasteiger partial charge in [0.05, 0.1) is 0 Å². The molecule has 1 heterocycles. The Morgan fingerprint density at radius 1 is 1.29 bits per heavy atom. The fraction of sp³-hybridized carbons (Fsp3) is 0.545. The summed E-state index contributed by atoms with van der Waals surface area (Å²) in [6, 6.07) is -2.04. The first-order chi connectivity index (χ1) is 9.72. The van der Waals surface area contributed by atoms with Gasteiger partial charge >= 0.3 is 18.0 Å². The number of rotatable bonds is 7. The van der Waals surface area contributed by atoms with Gasteiger partial charge in [0.25, 0.3) is 5.91 Å². The third-order valence-corrected chi connectivity index (χ3v) is 2.81. The maximum Gasteiger partial charge on any atom is 0.327 e. The van der Waals surface area contributed by atoms with E-state index in [2.05, 4.69) is 5.32 Å². The van der Waals surface area contributed by atoms with E-state index in [0.29, 0.717) is 4.90 Å². The molecular weight excluding hydrogens is 286 g/mol. The number of urea groups is 1. The summed E-state index contributed by atoms with van der Waals surface area (Å²) in [4.78, 5) is 57.8. The maximum absolute atomic E-state index is 11.7. The number of hydrogen-bond acceptors (Lipinski definition) is 5. The molecule has 3 N–H and O–H groups in total. The van der Waals surface area contributed by atoms with E-state index in [4.69, 9.17) is 10.2 Å². The zero-order chi connectivity index (χ0) is 16.2. The minimum absolute atomic E-state index is 0.145. The van der Waals surface area contributed by atoms with Gasteiger partial charge in [0.2, 0.25) is 5.91 Å². The van der Waals surface area contributed by atoms with Crippen LogP contribution >= 0.6 is 0 Å². The van der Waals surface area contributed by atoms with Crippen LogP contribution in [0.3, 0.4) is 0 Å². The van der Waals surface area contributed by atoms with Crippen LogP contribution in [0.1, 0.15) is 12.8 Å². The van der Waals surface area contributed by atoms with E-state index in [9.17, 15) is 24.0 Å². The number of likely N-dealkylation sites (N-methyl/N-ethyl adjacent to an activating group) is 1. The fourth-order valence-electron chi connectivity index (χ4n) is 1.73. The number of carbonyl (C=O) groups is 5. The number of carboxylic acids is 2. The molecule has 10 nitrogen and oxygen atoms in total. The van der Waals surface area contributed by atoms with Gasteiger partial charge in [-0.3, -0.25) is 19.3 Å². The highest BCUT2D eigenvalue weighted by molar-refractivity contribution is 6.04. The number of hydrogen-bond donors (Lipinski definition) is 3. The van der Waals surface area contributed by atoms with Crippen molar-refractivity contribution in [2.24, 2.45) is 0 Å². The topological polar surface area (TPSA) is 144 Å². The Bertz CT molecular complexity index is 490. The number of carbonyl (C=O) groups excluding carboxylic acids is 3. The molecule has 10 heteroatoms. The average molecular weight is 301 g/mol. The van der Waals surface area contributed by atoms with Crippen LogP contribution in [-0.2, 0) is 19.2 Å². The summed E-state index contributed by atoms with van der Waals surface area (Å²) in [5.41, 5.74) is 0. The summed E-state index contributed by atoms with van der Waals surface area (Å²) in [6.45, 7) is -0.744. The lowest BCUT2D eigenvalue weighted by Gasteiger charge is -2.17. The van der Waals surface area contributed by atoms with Gasteiger partial charge in [0, 0.05) is 13.5 Å². The second kappa shape index (κ2) is 6.68. The number of amides is 4. The molecule has 0 aromatic rings. The lowest BCUT2D eigenvalue weighted by Crippen LogP contribution is -2.47. The van der Waals surface area contributed by atoms with Crippen LogP contribution in [0.2, 0.25) is 0 Å². The minimum Gasteiger partial charge on any atom is -0.481 e. The van der Waals surface area contributed by atoms with E-state index in [1.807, 2.05) is 0 Å². The van der Waals surface area contributed by atoms with Crippen molar-refractivity contribution < 1.29 is 34.2 Å². The van der Waals surface area contributed by atoms with Crippen molar-refractivity contribution in [3.05, 3.63) is 0 Å². The third-order valence-electron chi connectivity index (χ3n) is 2.81. The van der Waals surface area contributed by atoms with Crippen LogP contribution in [0.15, 0.2) is 0 Å². The Morgan fingerprint density at radius 3 is 2.33 bits per heavy atom. The largest absolute Gasteiger partial charge is 0.481 e. The molecule has 0 aromatic carbocycles. The normalized spacial score (nSPS) is 16.0. The minimum atomic E-state index is -1.39. The molecule has 0 radical (unpaired) electrons. The molecule has 1 fully saturated rings. The second-order valence-electron chi connectivity index (χ2n) is 4.51. The number of aliphatic carboxylic acids is 2. The van der Waals surface area contributed by atoms with E-state index in [1.165, 1.54) is 7.05 Å². The predicted molar refractivity (Wildman–Crippen MR) is 66.2 cm³/mol. The molecule has 0 aliphatic carbocycles. The number of nitrogens with zero attached hydrogens (tertiary/aromatic N) is 2. The summed E-state index contributed by atoms with van der Waals surface area (Å²) < 4.78 is 0. The fourth-order valence-corrected chi connectivity index (χ4v) is 1.73. The van der Waals surface area contributed by atoms with Gasteiger partial charge < -0.3 is 20.4 Å². The van der Waals surface area contributed by atoms with Gasteiger partial charge in [-0.2, -0.15) is 0 Å². The molecule has 1 rings (SSSR count). The van der Waals surface area contributed by atoms with Gasteiger partial charge in [-0.1, -0.05) is 0 Å². The van der Waals surface area contributed by atoms with Crippen molar-refractivity contribution >= 4 is 29.8 Å². The third kappa shape index (κ3) is 4.44. The lowest BCUT2D eigenvalue weighted by atomic mass is 10.1. The van der Waals surface area contributed by atoms with Gasteiger partial charge in [-0.05, 0) is 6.42 Å². The lowest BCUT2D eigenvalue weighted by molar-refractivity contribution is -0.143. The molecule has 0 spiro atoms. The molecule has 1 aliphatic heterocycles. The van der Waals surface area contributed by atoms with Gasteiger partial charge in [0.15, 0.2) is 0 Å². The molecule has 0 bridgehead atoms. The van der Waals surface area contributed by atoms with Crippen LogP contribution in [-0.4, -0.2) is 76.0 Å². The van der Waals surface area contributed by atoms with Crippen molar-refractivity contribution in [3.63, 3.8) is 0 Å². The zero-order valence-corrected chi connectivity index (χ0v) is 11.2. The molecule has 1 aliphatic rings. The Hall–Kier alpha value is -2.65. The van der Waals surface area contributed by atoms with Gasteiger partial charge in [0.1, 0.15) is 19.1 Å². The molecule has 0 saturated carbocycles. The molecule has 21 heavy (non-hydrogen) atoms. The van der Waals surface area contributed by atoms with Crippen molar-refractivity contribution in [2.45, 2.75) is 18.9 Å². The summed E-state index contributed by atoms with van der Waals surface area (Å²) in [5.74, 6) is -3.98. The van der Waals surface area contributed by atoms with Crippen molar-refractivity contribution in [1.29, 1.82) is 0 Å². The zero-order valence-electron chi connectivity index (χ0n) is 11.2. The standard InChI is InChI=1S/C11H15N3O7/c1-13-5-8(16)14(11(13)21)4-7(15)12-6(10(19)20)2-3-9(17)18/h6H,2-5H2,1H3,(H,12,15)(H,17,18)(H,19,20)/t6-/m0/s1. The molecule has 1 saturated heterocycles. The molecule has 4 amide bonds. The molecule has 1 atom stereocenters. The average Bonchev–Trinajstić information content (AvgIpc) is 2.60. The first-order valence-corrected chi connectivity index (χ1v) is 6.01. The Kier molecular flexibility index (Phi) is 5.22. The van der Waals surface area contributed by atoms with Crippen molar-refractivity contribution in [2.75, 3.05) is 20.1 Å². The van der Waals surface area contributed by atoms with E-state index in [1.54, 1.807) is 0 Å². The van der Waals surface area contributed by atoms with E-state index in [0.717, 1.165) is 4.90 Å². The summed E-state index contributed by atoms with van der Waals surface area (Å²) >= 11 is 0. The Balaban J connectivity index is 2.58. The van der Waals surface area contributed by atoms with Crippen LogP contribution < -0.4 is 5.32 Å². The maximum atomic E-state index is 11.7. The smallest absolute Gasteiger partial charge is 0.327 e. The molecule has 116 valence electrons. The van der Waals surface area contributed by atoms with Crippen molar-refractivity contribution in [3.8, 4) is 0 Å². The monoisotopic (exact) mass is 301 g/mol. The first-order valence-electron chi connectivity index (χ1n) is 6.01.